The third-order valence-corrected chi connectivity index (χ3v) is 5.18. The molecule has 2 N–H and O–H groups in total. The lowest BCUT2D eigenvalue weighted by molar-refractivity contribution is -0.122. The quantitative estimate of drug-likeness (QED) is 0.538. The molecule has 0 spiro atoms. The number of aryl methyl sites for hydroxylation is 1. The van der Waals surface area contributed by atoms with E-state index < -0.39 is 17.5 Å². The number of amides is 1. The number of hydrogen-bond donors (Lipinski definition) is 2. The SMILES string of the molecule is CC(=O)c1cc(CN2CCCC(CNC(=O)c3cc(F)cc(F)c3)C2)n(C)c1.O=CO. The molecule has 168 valence electrons. The van der Waals surface area contributed by atoms with E-state index >= 15 is 0 Å². The number of Topliss-reactive ketones (excluding diaryl/α,β-unsaturated/α-hetero) is 1. The largest absolute Gasteiger partial charge is 0.483 e. The molecule has 1 aromatic carbocycles. The van der Waals surface area contributed by atoms with Crippen LogP contribution in [0.5, 0.6) is 0 Å². The topological polar surface area (TPSA) is 91.6 Å². The van der Waals surface area contributed by atoms with Crippen LogP contribution in [0, 0.1) is 17.6 Å². The van der Waals surface area contributed by atoms with Gasteiger partial charge in [0.05, 0.1) is 0 Å². The maximum atomic E-state index is 13.3. The van der Waals surface area contributed by atoms with Crippen LogP contribution in [0.15, 0.2) is 30.5 Å². The molecule has 1 aliphatic rings. The number of ketones is 1. The first-order valence-corrected chi connectivity index (χ1v) is 9.94. The maximum Gasteiger partial charge on any atom is 0.290 e. The fourth-order valence-corrected chi connectivity index (χ4v) is 3.67. The standard InChI is InChI=1S/C21H25F2N3O2.CH2O2/c1-14(27)17-8-20(25(2)12-17)13-26-5-3-4-15(11-26)10-24-21(28)16-6-18(22)9-19(23)7-16;2-1-3/h6-9,12,15H,3-5,10-11,13H2,1-2H3,(H,24,28);1H,(H,2,3). The number of benzene rings is 1. The zero-order valence-electron chi connectivity index (χ0n) is 17.6. The summed E-state index contributed by atoms with van der Waals surface area (Å²) in [5.74, 6) is -1.68. The average Bonchev–Trinajstić information content (AvgIpc) is 3.07. The van der Waals surface area contributed by atoms with Crippen LogP contribution >= 0.6 is 0 Å². The molecule has 7 nitrogen and oxygen atoms in total. The highest BCUT2D eigenvalue weighted by atomic mass is 19.1. The van der Waals surface area contributed by atoms with Crippen molar-refractivity contribution in [3.63, 3.8) is 0 Å². The van der Waals surface area contributed by atoms with E-state index in [2.05, 4.69) is 10.2 Å². The van der Waals surface area contributed by atoms with Crippen LogP contribution in [0.25, 0.3) is 0 Å². The first kappa shape index (κ1) is 24.2. The zero-order valence-corrected chi connectivity index (χ0v) is 17.6. The minimum absolute atomic E-state index is 0.00858. The Hall–Kier alpha value is -3.07. The lowest BCUT2D eigenvalue weighted by Gasteiger charge is -2.32. The maximum absolute atomic E-state index is 13.3. The van der Waals surface area contributed by atoms with Crippen LogP contribution < -0.4 is 5.32 Å². The molecule has 1 atom stereocenters. The molecule has 9 heteroatoms. The Labute approximate surface area is 179 Å². The van der Waals surface area contributed by atoms with E-state index in [1.807, 2.05) is 23.9 Å². The van der Waals surface area contributed by atoms with Crippen LogP contribution in [-0.4, -0.2) is 52.4 Å². The van der Waals surface area contributed by atoms with Gasteiger partial charge in [-0.1, -0.05) is 0 Å². The van der Waals surface area contributed by atoms with Gasteiger partial charge in [-0.25, -0.2) is 8.78 Å². The number of carboxylic acid groups (broad SMARTS) is 1. The highest BCUT2D eigenvalue weighted by molar-refractivity contribution is 5.94. The highest BCUT2D eigenvalue weighted by Gasteiger charge is 2.22. The summed E-state index contributed by atoms with van der Waals surface area (Å²) in [4.78, 5) is 34.4. The van der Waals surface area contributed by atoms with Gasteiger partial charge < -0.3 is 15.0 Å². The Morgan fingerprint density at radius 1 is 1.19 bits per heavy atom. The van der Waals surface area contributed by atoms with Gasteiger partial charge in [0.2, 0.25) is 0 Å². The van der Waals surface area contributed by atoms with E-state index in [1.54, 1.807) is 6.92 Å². The molecule has 0 aliphatic carbocycles. The number of nitrogens with one attached hydrogen (secondary N) is 1. The molecule has 0 radical (unpaired) electrons. The molecule has 3 rings (SSSR count). The minimum Gasteiger partial charge on any atom is -0.483 e. The van der Waals surface area contributed by atoms with Gasteiger partial charge in [0.15, 0.2) is 5.78 Å². The van der Waals surface area contributed by atoms with Gasteiger partial charge in [0, 0.05) is 55.8 Å². The Morgan fingerprint density at radius 3 is 2.42 bits per heavy atom. The molecule has 1 unspecified atom stereocenters. The third kappa shape index (κ3) is 7.29. The summed E-state index contributed by atoms with van der Waals surface area (Å²) in [6.07, 6.45) is 3.84. The van der Waals surface area contributed by atoms with Crippen LogP contribution in [0.4, 0.5) is 8.78 Å². The van der Waals surface area contributed by atoms with Crippen molar-refractivity contribution in [3.8, 4) is 0 Å². The van der Waals surface area contributed by atoms with Crippen LogP contribution in [0.1, 0.15) is 46.2 Å². The van der Waals surface area contributed by atoms with Crippen molar-refractivity contribution in [2.24, 2.45) is 13.0 Å². The molecule has 1 fully saturated rings. The van der Waals surface area contributed by atoms with Gasteiger partial charge in [-0.15, -0.1) is 0 Å². The highest BCUT2D eigenvalue weighted by Crippen LogP contribution is 2.19. The smallest absolute Gasteiger partial charge is 0.290 e. The summed E-state index contributed by atoms with van der Waals surface area (Å²) >= 11 is 0. The van der Waals surface area contributed by atoms with Crippen molar-refractivity contribution < 1.29 is 28.3 Å². The van der Waals surface area contributed by atoms with Gasteiger partial charge in [-0.3, -0.25) is 19.3 Å². The summed E-state index contributed by atoms with van der Waals surface area (Å²) in [5, 5.41) is 9.68. The van der Waals surface area contributed by atoms with E-state index in [9.17, 15) is 18.4 Å². The molecule has 0 bridgehead atoms. The minimum atomic E-state index is -0.763. The second-order valence-electron chi connectivity index (χ2n) is 7.60. The first-order chi connectivity index (χ1) is 14.7. The molecule has 1 saturated heterocycles. The fourth-order valence-electron chi connectivity index (χ4n) is 3.67. The molecule has 1 aliphatic heterocycles. The molecule has 2 aromatic rings. The number of nitrogens with zero attached hydrogens (tertiary/aromatic N) is 2. The summed E-state index contributed by atoms with van der Waals surface area (Å²) in [6.45, 7) is 4.28. The predicted molar refractivity (Wildman–Crippen MR) is 111 cm³/mol. The summed E-state index contributed by atoms with van der Waals surface area (Å²) < 4.78 is 28.5. The number of rotatable bonds is 6. The normalized spacial score (nSPS) is 16.2. The van der Waals surface area contributed by atoms with Gasteiger partial charge in [-0.2, -0.15) is 0 Å². The monoisotopic (exact) mass is 435 g/mol. The molecule has 31 heavy (non-hydrogen) atoms. The Morgan fingerprint density at radius 2 is 1.84 bits per heavy atom. The van der Waals surface area contributed by atoms with E-state index in [0.717, 1.165) is 56.4 Å². The predicted octanol–water partition coefficient (Wildman–Crippen LogP) is 2.85. The Bertz CT molecular complexity index is 909. The molecule has 1 amide bonds. The number of piperidine rings is 1. The number of aromatic nitrogens is 1. The molecule has 1 aromatic heterocycles. The lowest BCUT2D eigenvalue weighted by Crippen LogP contribution is -2.40. The fraction of sp³-hybridized carbons (Fsp3) is 0.409. The van der Waals surface area contributed by atoms with Gasteiger partial charge in [-0.05, 0) is 50.4 Å². The van der Waals surface area contributed by atoms with Crippen molar-refractivity contribution in [1.29, 1.82) is 0 Å². The second-order valence-corrected chi connectivity index (χ2v) is 7.60. The number of hydrogen-bond acceptors (Lipinski definition) is 4. The van der Waals surface area contributed by atoms with Gasteiger partial charge in [0.25, 0.3) is 12.4 Å². The number of carbonyl (C=O) groups is 3. The summed E-state index contributed by atoms with van der Waals surface area (Å²) in [5.41, 5.74) is 1.77. The van der Waals surface area contributed by atoms with Crippen molar-refractivity contribution in [2.45, 2.75) is 26.3 Å². The summed E-state index contributed by atoms with van der Waals surface area (Å²) in [6, 6.07) is 4.74. The Balaban J connectivity index is 0.00000107. The van der Waals surface area contributed by atoms with E-state index in [0.29, 0.717) is 12.1 Å². The van der Waals surface area contributed by atoms with Crippen LogP contribution in [-0.2, 0) is 18.4 Å². The van der Waals surface area contributed by atoms with Crippen molar-refractivity contribution >= 4 is 18.2 Å². The molecule has 0 saturated carbocycles. The van der Waals surface area contributed by atoms with E-state index in [-0.39, 0.29) is 23.7 Å². The van der Waals surface area contributed by atoms with Crippen molar-refractivity contribution in [2.75, 3.05) is 19.6 Å². The van der Waals surface area contributed by atoms with E-state index in [1.165, 1.54) is 0 Å². The number of halogens is 2. The Kier molecular flexibility index (Phi) is 8.87. The van der Waals surface area contributed by atoms with Crippen LogP contribution in [0.2, 0.25) is 0 Å². The lowest BCUT2D eigenvalue weighted by atomic mass is 9.97. The van der Waals surface area contributed by atoms with Crippen LogP contribution in [0.3, 0.4) is 0 Å². The molecule has 2 heterocycles. The second kappa shape index (κ2) is 11.4. The molecular weight excluding hydrogens is 408 g/mol. The van der Waals surface area contributed by atoms with Crippen molar-refractivity contribution in [1.82, 2.24) is 14.8 Å². The van der Waals surface area contributed by atoms with Crippen molar-refractivity contribution in [3.05, 3.63) is 58.9 Å². The average molecular weight is 435 g/mol. The number of likely N-dealkylation sites (tertiary alicyclic amines) is 1. The zero-order chi connectivity index (χ0) is 23.0. The first-order valence-electron chi connectivity index (χ1n) is 9.94. The summed E-state index contributed by atoms with van der Waals surface area (Å²) in [7, 11) is 1.93. The van der Waals surface area contributed by atoms with Gasteiger partial charge >= 0.3 is 0 Å². The van der Waals surface area contributed by atoms with E-state index in [4.69, 9.17) is 9.90 Å². The molecular formula is C22H27F2N3O4. The third-order valence-electron chi connectivity index (χ3n) is 5.18. The van der Waals surface area contributed by atoms with Gasteiger partial charge in [0.1, 0.15) is 11.6 Å². The number of carbonyl (C=O) groups excluding carboxylic acids is 2.